The summed E-state index contributed by atoms with van der Waals surface area (Å²) in [7, 11) is 1.20. The topological polar surface area (TPSA) is 35.5 Å². The van der Waals surface area contributed by atoms with E-state index in [-0.39, 0.29) is 22.4 Å². The van der Waals surface area contributed by atoms with Crippen molar-refractivity contribution in [3.8, 4) is 11.5 Å². The Hall–Kier alpha value is -1.24. The molecule has 0 bridgehead atoms. The predicted octanol–water partition coefficient (Wildman–Crippen LogP) is 3.17. The molecular weight excluding hydrogens is 305 g/mol. The molecule has 0 aromatic heterocycles. The summed E-state index contributed by atoms with van der Waals surface area (Å²) in [6.07, 6.45) is -4.80. The largest absolute Gasteiger partial charge is 0.573 e. The molecule has 1 aromatic carbocycles. The van der Waals surface area contributed by atoms with Crippen LogP contribution in [-0.2, 0) is 0 Å². The van der Waals surface area contributed by atoms with Crippen LogP contribution in [0.5, 0.6) is 11.5 Å². The molecule has 0 unspecified atom stereocenters. The summed E-state index contributed by atoms with van der Waals surface area (Å²) in [5.41, 5.74) is 0.244. The quantitative estimate of drug-likeness (QED) is 0.633. The average molecular weight is 313 g/mol. The molecule has 0 saturated carbocycles. The molecular formula is C10H8BrF3O3. The van der Waals surface area contributed by atoms with Gasteiger partial charge in [-0.15, -0.1) is 13.2 Å². The van der Waals surface area contributed by atoms with Crippen molar-refractivity contribution in [2.75, 3.05) is 12.4 Å². The van der Waals surface area contributed by atoms with E-state index in [9.17, 15) is 18.0 Å². The number of methoxy groups -OCH3 is 1. The maximum atomic E-state index is 12.0. The van der Waals surface area contributed by atoms with Crippen LogP contribution < -0.4 is 9.47 Å². The third-order valence-corrected chi connectivity index (χ3v) is 2.34. The fraction of sp³-hybridized carbons (Fsp3) is 0.300. The van der Waals surface area contributed by atoms with Crippen LogP contribution in [0.25, 0.3) is 0 Å². The number of halogens is 4. The molecule has 0 aliphatic carbocycles. The van der Waals surface area contributed by atoms with Crippen molar-refractivity contribution in [3.05, 3.63) is 23.8 Å². The number of ether oxygens (including phenoxy) is 2. The van der Waals surface area contributed by atoms with Gasteiger partial charge in [0.15, 0.2) is 17.3 Å². The summed E-state index contributed by atoms with van der Waals surface area (Å²) in [4.78, 5) is 11.3. The summed E-state index contributed by atoms with van der Waals surface area (Å²) in [6, 6.07) is 3.49. The Morgan fingerprint density at radius 1 is 1.35 bits per heavy atom. The standard InChI is InChI=1S/C10H8BrF3O3/c1-16-9-4-6(7(15)5-11)2-3-8(9)17-10(12,13)14/h2-4H,5H2,1H3. The Labute approximate surface area is 104 Å². The van der Waals surface area contributed by atoms with E-state index in [1.165, 1.54) is 19.2 Å². The Morgan fingerprint density at radius 3 is 2.47 bits per heavy atom. The van der Waals surface area contributed by atoms with E-state index >= 15 is 0 Å². The highest BCUT2D eigenvalue weighted by molar-refractivity contribution is 9.09. The fourth-order valence-electron chi connectivity index (χ4n) is 1.13. The molecule has 94 valence electrons. The third kappa shape index (κ3) is 3.92. The molecule has 0 aliphatic rings. The number of rotatable bonds is 4. The van der Waals surface area contributed by atoms with E-state index in [1.807, 2.05) is 0 Å². The lowest BCUT2D eigenvalue weighted by atomic mass is 10.1. The molecule has 0 atom stereocenters. The number of alkyl halides is 4. The minimum Gasteiger partial charge on any atom is -0.493 e. The number of ketones is 1. The molecule has 0 spiro atoms. The van der Waals surface area contributed by atoms with Crippen LogP contribution in [0.4, 0.5) is 13.2 Å². The van der Waals surface area contributed by atoms with Gasteiger partial charge in [-0.2, -0.15) is 0 Å². The molecule has 1 rings (SSSR count). The number of Topliss-reactive ketones (excluding diaryl/α,β-unsaturated/α-hetero) is 1. The Bertz CT molecular complexity index is 418. The first-order chi connectivity index (χ1) is 7.87. The van der Waals surface area contributed by atoms with Crippen LogP contribution >= 0.6 is 15.9 Å². The minimum atomic E-state index is -4.80. The monoisotopic (exact) mass is 312 g/mol. The van der Waals surface area contributed by atoms with E-state index in [1.54, 1.807) is 0 Å². The first-order valence-corrected chi connectivity index (χ1v) is 5.52. The lowest BCUT2D eigenvalue weighted by molar-refractivity contribution is -0.275. The lowest BCUT2D eigenvalue weighted by Gasteiger charge is -2.13. The van der Waals surface area contributed by atoms with Crippen LogP contribution in [0, 0.1) is 0 Å². The molecule has 1 aromatic rings. The Kier molecular flexibility index (Phi) is 4.39. The van der Waals surface area contributed by atoms with Gasteiger partial charge in [-0.1, -0.05) is 15.9 Å². The minimum absolute atomic E-state index is 0.0790. The van der Waals surface area contributed by atoms with Crippen LogP contribution in [-0.4, -0.2) is 24.6 Å². The van der Waals surface area contributed by atoms with Gasteiger partial charge in [-0.05, 0) is 18.2 Å². The normalized spacial score (nSPS) is 11.1. The van der Waals surface area contributed by atoms with Crippen molar-refractivity contribution >= 4 is 21.7 Å². The molecule has 7 heteroatoms. The highest BCUT2D eigenvalue weighted by Crippen LogP contribution is 2.32. The summed E-state index contributed by atoms with van der Waals surface area (Å²) in [6.45, 7) is 0. The van der Waals surface area contributed by atoms with Crippen LogP contribution in [0.15, 0.2) is 18.2 Å². The van der Waals surface area contributed by atoms with E-state index in [2.05, 4.69) is 20.7 Å². The first kappa shape index (κ1) is 13.8. The molecule has 0 radical (unpaired) electrons. The molecule has 0 fully saturated rings. The van der Waals surface area contributed by atoms with Gasteiger partial charge in [0.1, 0.15) is 0 Å². The molecule has 0 aliphatic heterocycles. The van der Waals surface area contributed by atoms with Gasteiger partial charge < -0.3 is 9.47 Å². The number of hydrogen-bond donors (Lipinski definition) is 0. The lowest BCUT2D eigenvalue weighted by Crippen LogP contribution is -2.17. The van der Waals surface area contributed by atoms with E-state index in [0.29, 0.717) is 0 Å². The molecule has 17 heavy (non-hydrogen) atoms. The number of carbonyl (C=O) groups is 1. The fourth-order valence-corrected chi connectivity index (χ4v) is 1.45. The van der Waals surface area contributed by atoms with Gasteiger partial charge in [-0.25, -0.2) is 0 Å². The second-order valence-corrected chi connectivity index (χ2v) is 3.53. The SMILES string of the molecule is COc1cc(C(=O)CBr)ccc1OC(F)(F)F. The van der Waals surface area contributed by atoms with Crippen molar-refractivity contribution in [3.63, 3.8) is 0 Å². The smallest absolute Gasteiger partial charge is 0.493 e. The van der Waals surface area contributed by atoms with Crippen molar-refractivity contribution in [2.24, 2.45) is 0 Å². The van der Waals surface area contributed by atoms with Gasteiger partial charge >= 0.3 is 6.36 Å². The van der Waals surface area contributed by atoms with Gasteiger partial charge in [0.05, 0.1) is 12.4 Å². The number of carbonyl (C=O) groups excluding carboxylic acids is 1. The number of hydrogen-bond acceptors (Lipinski definition) is 3. The zero-order valence-electron chi connectivity index (χ0n) is 8.68. The Balaban J connectivity index is 3.05. The van der Waals surface area contributed by atoms with Gasteiger partial charge in [0, 0.05) is 5.56 Å². The molecule has 0 N–H and O–H groups in total. The van der Waals surface area contributed by atoms with E-state index < -0.39 is 12.1 Å². The summed E-state index contributed by atoms with van der Waals surface area (Å²) < 4.78 is 44.6. The zero-order chi connectivity index (χ0) is 13.1. The van der Waals surface area contributed by atoms with Gasteiger partial charge in [0.2, 0.25) is 0 Å². The maximum Gasteiger partial charge on any atom is 0.573 e. The van der Waals surface area contributed by atoms with Gasteiger partial charge in [0.25, 0.3) is 0 Å². The van der Waals surface area contributed by atoms with Crippen LogP contribution in [0.1, 0.15) is 10.4 Å². The van der Waals surface area contributed by atoms with Crippen LogP contribution in [0.2, 0.25) is 0 Å². The summed E-state index contributed by atoms with van der Waals surface area (Å²) >= 11 is 2.96. The highest BCUT2D eigenvalue weighted by atomic mass is 79.9. The molecule has 0 saturated heterocycles. The molecule has 0 heterocycles. The Morgan fingerprint density at radius 2 is 2.00 bits per heavy atom. The molecule has 3 nitrogen and oxygen atoms in total. The highest BCUT2D eigenvalue weighted by Gasteiger charge is 2.32. The second kappa shape index (κ2) is 5.39. The number of benzene rings is 1. The first-order valence-electron chi connectivity index (χ1n) is 4.40. The van der Waals surface area contributed by atoms with E-state index in [0.717, 1.165) is 6.07 Å². The summed E-state index contributed by atoms with van der Waals surface area (Å²) in [5.74, 6) is -0.887. The second-order valence-electron chi connectivity index (χ2n) is 2.97. The van der Waals surface area contributed by atoms with Crippen molar-refractivity contribution in [2.45, 2.75) is 6.36 Å². The zero-order valence-corrected chi connectivity index (χ0v) is 10.3. The summed E-state index contributed by atoms with van der Waals surface area (Å²) in [5, 5.41) is 0.0790. The predicted molar refractivity (Wildman–Crippen MR) is 57.8 cm³/mol. The third-order valence-electron chi connectivity index (χ3n) is 1.83. The van der Waals surface area contributed by atoms with Gasteiger partial charge in [-0.3, -0.25) is 4.79 Å². The van der Waals surface area contributed by atoms with Crippen molar-refractivity contribution in [1.29, 1.82) is 0 Å². The maximum absolute atomic E-state index is 12.0. The average Bonchev–Trinajstić information content (AvgIpc) is 2.26. The molecule has 0 amide bonds. The van der Waals surface area contributed by atoms with Crippen molar-refractivity contribution < 1.29 is 27.4 Å². The van der Waals surface area contributed by atoms with Crippen LogP contribution in [0.3, 0.4) is 0 Å². The van der Waals surface area contributed by atoms with Crippen molar-refractivity contribution in [1.82, 2.24) is 0 Å². The van der Waals surface area contributed by atoms with E-state index in [4.69, 9.17) is 4.74 Å².